The van der Waals surface area contributed by atoms with Gasteiger partial charge in [-0.25, -0.2) is 9.97 Å². The second-order valence-corrected chi connectivity index (χ2v) is 10.6. The molecule has 0 aliphatic heterocycles. The minimum Gasteiger partial charge on any atom is -0.507 e. The van der Waals surface area contributed by atoms with Gasteiger partial charge in [-0.2, -0.15) is 0 Å². The molecule has 0 saturated carbocycles. The third kappa shape index (κ3) is 3.92. The second kappa shape index (κ2) is 9.14. The second-order valence-electron chi connectivity index (χ2n) is 10.6. The fourth-order valence-electron chi connectivity index (χ4n) is 5.87. The van der Waals surface area contributed by atoms with Crippen molar-refractivity contribution < 1.29 is 9.90 Å². The number of nitrogens with zero attached hydrogens (tertiary/aromatic N) is 2. The zero-order valence-corrected chi connectivity index (χ0v) is 22.6. The molecule has 1 heterocycles. The number of nitrogens with one attached hydrogen (secondary N) is 2. The molecule has 0 bridgehead atoms. The Labute approximate surface area is 240 Å². The van der Waals surface area contributed by atoms with Crippen molar-refractivity contribution in [2.24, 2.45) is 0 Å². The Balaban J connectivity index is 1.28. The Hall–Kier alpha value is -5.75. The van der Waals surface area contributed by atoms with Crippen LogP contribution in [0.15, 0.2) is 109 Å². The molecule has 0 aliphatic rings. The lowest BCUT2D eigenvalue weighted by Gasteiger charge is -2.14. The van der Waals surface area contributed by atoms with Gasteiger partial charge in [0.1, 0.15) is 5.75 Å². The number of hydrogen-bond donors (Lipinski definition) is 3. The number of carbonyl (C=O) groups is 1. The van der Waals surface area contributed by atoms with Crippen LogP contribution in [0.3, 0.4) is 0 Å². The van der Waals surface area contributed by atoms with Gasteiger partial charge in [-0.05, 0) is 94.3 Å². The van der Waals surface area contributed by atoms with Crippen molar-refractivity contribution in [3.8, 4) is 5.75 Å². The average molecular weight is 545 g/mol. The number of phenols is 1. The zero-order chi connectivity index (χ0) is 28.4. The van der Waals surface area contributed by atoms with E-state index in [1.165, 1.54) is 17.7 Å². The number of anilines is 3. The molecule has 0 spiro atoms. The van der Waals surface area contributed by atoms with Crippen LogP contribution in [0.1, 0.15) is 6.92 Å². The van der Waals surface area contributed by atoms with Crippen LogP contribution >= 0.6 is 0 Å². The van der Waals surface area contributed by atoms with Crippen LogP contribution in [-0.2, 0) is 4.79 Å². The van der Waals surface area contributed by atoms with Crippen LogP contribution < -0.4 is 10.6 Å². The van der Waals surface area contributed by atoms with E-state index >= 15 is 0 Å². The van der Waals surface area contributed by atoms with Gasteiger partial charge in [0.05, 0.1) is 22.1 Å². The fraction of sp³-hybridized carbons (Fsp3) is 0.0278. The Kier molecular flexibility index (Phi) is 5.24. The molecule has 0 aliphatic carbocycles. The van der Waals surface area contributed by atoms with E-state index in [1.807, 2.05) is 48.5 Å². The highest BCUT2D eigenvalue weighted by Crippen LogP contribution is 2.38. The molecule has 0 saturated heterocycles. The van der Waals surface area contributed by atoms with E-state index in [1.54, 1.807) is 6.07 Å². The number of fused-ring (bicyclic) bond motifs is 8. The van der Waals surface area contributed by atoms with Crippen LogP contribution in [0.5, 0.6) is 5.75 Å². The molecule has 0 atom stereocenters. The minimum absolute atomic E-state index is 0.112. The van der Waals surface area contributed by atoms with E-state index < -0.39 is 0 Å². The van der Waals surface area contributed by atoms with Crippen molar-refractivity contribution in [3.63, 3.8) is 0 Å². The number of phenolic OH excluding ortho intramolecular Hbond substituents is 1. The van der Waals surface area contributed by atoms with Crippen LogP contribution in [0.2, 0.25) is 0 Å². The number of carbonyl (C=O) groups excluding carboxylic acids is 1. The van der Waals surface area contributed by atoms with E-state index in [0.29, 0.717) is 0 Å². The van der Waals surface area contributed by atoms with Gasteiger partial charge in [0.2, 0.25) is 5.91 Å². The van der Waals surface area contributed by atoms with E-state index in [0.717, 1.165) is 71.4 Å². The lowest BCUT2D eigenvalue weighted by molar-refractivity contribution is -0.114. The Morgan fingerprint density at radius 2 is 1.19 bits per heavy atom. The largest absolute Gasteiger partial charge is 0.507 e. The number of hydrogen-bond acceptors (Lipinski definition) is 5. The predicted molar refractivity (Wildman–Crippen MR) is 173 cm³/mol. The molecule has 1 amide bonds. The fourth-order valence-corrected chi connectivity index (χ4v) is 5.87. The number of rotatable bonds is 3. The molecular weight excluding hydrogens is 520 g/mol. The number of benzene rings is 7. The summed E-state index contributed by atoms with van der Waals surface area (Å²) in [6.07, 6.45) is 0. The highest BCUT2D eigenvalue weighted by molar-refractivity contribution is 6.16. The standard InChI is InChI=1S/C36H24N4O2/c1-20(41)37-25-8-10-26(11-9-25)38-31-14-15-34(42)30-19-28-24(18-29(30)31)7-13-33-36(28)40-32-12-6-23-16-21-4-2-3-5-22(21)17-27(23)35(32)39-33/h2-19,38,42H,1H3,(H,37,41). The molecule has 8 aromatic rings. The van der Waals surface area contributed by atoms with Gasteiger partial charge < -0.3 is 15.7 Å². The maximum Gasteiger partial charge on any atom is 0.221 e. The summed E-state index contributed by atoms with van der Waals surface area (Å²) in [7, 11) is 0. The first-order valence-corrected chi connectivity index (χ1v) is 13.8. The smallest absolute Gasteiger partial charge is 0.221 e. The van der Waals surface area contributed by atoms with Crippen LogP contribution in [0.25, 0.3) is 65.2 Å². The Bertz CT molecular complexity index is 2400. The summed E-state index contributed by atoms with van der Waals surface area (Å²) in [6, 6.07) is 36.2. The van der Waals surface area contributed by atoms with E-state index in [9.17, 15) is 9.90 Å². The van der Waals surface area contributed by atoms with E-state index in [4.69, 9.17) is 9.97 Å². The molecule has 0 fully saturated rings. The van der Waals surface area contributed by atoms with Gasteiger partial charge in [-0.15, -0.1) is 0 Å². The highest BCUT2D eigenvalue weighted by Gasteiger charge is 2.13. The van der Waals surface area contributed by atoms with E-state index in [2.05, 4.69) is 65.2 Å². The van der Waals surface area contributed by atoms with Crippen LogP contribution in [0.4, 0.5) is 17.1 Å². The number of amides is 1. The normalized spacial score (nSPS) is 11.6. The summed E-state index contributed by atoms with van der Waals surface area (Å²) in [4.78, 5) is 21.6. The molecule has 6 heteroatoms. The summed E-state index contributed by atoms with van der Waals surface area (Å²) >= 11 is 0. The molecule has 200 valence electrons. The molecular formula is C36H24N4O2. The summed E-state index contributed by atoms with van der Waals surface area (Å²) in [5, 5.41) is 25.3. The van der Waals surface area contributed by atoms with Crippen LogP contribution in [-0.4, -0.2) is 21.0 Å². The molecule has 3 N–H and O–H groups in total. The molecule has 1 aromatic heterocycles. The van der Waals surface area contributed by atoms with Crippen molar-refractivity contribution in [3.05, 3.63) is 109 Å². The molecule has 0 radical (unpaired) electrons. The maximum atomic E-state index is 11.4. The van der Waals surface area contributed by atoms with Crippen molar-refractivity contribution in [2.75, 3.05) is 10.6 Å². The summed E-state index contributed by atoms with van der Waals surface area (Å²) in [5.74, 6) is 0.0846. The molecule has 8 rings (SSSR count). The third-order valence-corrected chi connectivity index (χ3v) is 7.87. The zero-order valence-electron chi connectivity index (χ0n) is 22.6. The molecule has 42 heavy (non-hydrogen) atoms. The first-order valence-electron chi connectivity index (χ1n) is 13.8. The van der Waals surface area contributed by atoms with Crippen molar-refractivity contribution >= 4 is 88.1 Å². The van der Waals surface area contributed by atoms with Crippen molar-refractivity contribution in [1.82, 2.24) is 9.97 Å². The van der Waals surface area contributed by atoms with Crippen LogP contribution in [0, 0.1) is 0 Å². The summed E-state index contributed by atoms with van der Waals surface area (Å²) in [5.41, 5.74) is 5.78. The maximum absolute atomic E-state index is 11.4. The SMILES string of the molecule is CC(=O)Nc1ccc(Nc2ccc(O)c3cc4c(ccc5nc6c(ccc7cc8ccccc8cc76)nc54)cc23)cc1. The first-order chi connectivity index (χ1) is 20.5. The lowest BCUT2D eigenvalue weighted by atomic mass is 9.99. The van der Waals surface area contributed by atoms with Crippen molar-refractivity contribution in [2.45, 2.75) is 6.92 Å². The average Bonchev–Trinajstić information content (AvgIpc) is 3.00. The van der Waals surface area contributed by atoms with Gasteiger partial charge in [0.25, 0.3) is 0 Å². The van der Waals surface area contributed by atoms with E-state index in [-0.39, 0.29) is 11.7 Å². The third-order valence-electron chi connectivity index (χ3n) is 7.87. The predicted octanol–water partition coefficient (Wildman–Crippen LogP) is 8.80. The molecule has 7 aromatic carbocycles. The van der Waals surface area contributed by atoms with Gasteiger partial charge in [-0.1, -0.05) is 36.4 Å². The van der Waals surface area contributed by atoms with Gasteiger partial charge in [0, 0.05) is 45.5 Å². The first kappa shape index (κ1) is 24.1. The summed E-state index contributed by atoms with van der Waals surface area (Å²) < 4.78 is 0. The highest BCUT2D eigenvalue weighted by atomic mass is 16.3. The topological polar surface area (TPSA) is 87.1 Å². The lowest BCUT2D eigenvalue weighted by Crippen LogP contribution is -2.05. The van der Waals surface area contributed by atoms with Gasteiger partial charge in [-0.3, -0.25) is 4.79 Å². The minimum atomic E-state index is -0.112. The van der Waals surface area contributed by atoms with Gasteiger partial charge >= 0.3 is 0 Å². The number of aromatic nitrogens is 2. The molecule has 0 unspecified atom stereocenters. The monoisotopic (exact) mass is 544 g/mol. The molecule has 6 nitrogen and oxygen atoms in total. The van der Waals surface area contributed by atoms with Crippen molar-refractivity contribution in [1.29, 1.82) is 0 Å². The Morgan fingerprint density at radius 3 is 1.88 bits per heavy atom. The quantitative estimate of drug-likeness (QED) is 0.118. The number of aromatic hydroxyl groups is 1. The Morgan fingerprint density at radius 1 is 0.595 bits per heavy atom. The van der Waals surface area contributed by atoms with Gasteiger partial charge in [0.15, 0.2) is 0 Å². The summed E-state index contributed by atoms with van der Waals surface area (Å²) in [6.45, 7) is 1.49.